The smallest absolute Gasteiger partial charge is 0.336 e. The molecule has 27 heavy (non-hydrogen) atoms. The van der Waals surface area contributed by atoms with Gasteiger partial charge in [-0.15, -0.1) is 0 Å². The van der Waals surface area contributed by atoms with Crippen LogP contribution in [0, 0.1) is 10.1 Å². The molecule has 0 spiro atoms. The first kappa shape index (κ1) is 16.5. The van der Waals surface area contributed by atoms with Crippen LogP contribution in [-0.4, -0.2) is 9.91 Å². The lowest BCUT2D eigenvalue weighted by molar-refractivity contribution is -0.385. The Labute approximate surface area is 152 Å². The van der Waals surface area contributed by atoms with Crippen molar-refractivity contribution in [3.63, 3.8) is 0 Å². The van der Waals surface area contributed by atoms with Gasteiger partial charge in [-0.25, -0.2) is 9.78 Å². The summed E-state index contributed by atoms with van der Waals surface area (Å²) in [4.78, 5) is 26.0. The molecule has 0 aliphatic rings. The molecular formula is C20H12N2O5. The van der Waals surface area contributed by atoms with Gasteiger partial charge in [0.1, 0.15) is 17.5 Å². The van der Waals surface area contributed by atoms with Crippen LogP contribution in [0.3, 0.4) is 0 Å². The highest BCUT2D eigenvalue weighted by Gasteiger charge is 2.11. The molecule has 0 aliphatic carbocycles. The van der Waals surface area contributed by atoms with E-state index in [0.717, 1.165) is 22.7 Å². The summed E-state index contributed by atoms with van der Waals surface area (Å²) in [7, 11) is 0. The fraction of sp³-hybridized carbons (Fsp3) is 0. The summed E-state index contributed by atoms with van der Waals surface area (Å²) < 4.78 is 10.9. The molecule has 0 radical (unpaired) electrons. The van der Waals surface area contributed by atoms with Gasteiger partial charge >= 0.3 is 5.63 Å². The van der Waals surface area contributed by atoms with Gasteiger partial charge in [-0.3, -0.25) is 10.1 Å². The van der Waals surface area contributed by atoms with Gasteiger partial charge in [-0.1, -0.05) is 30.3 Å². The van der Waals surface area contributed by atoms with Crippen molar-refractivity contribution >= 4 is 16.7 Å². The molecule has 0 saturated carbocycles. The standard InChI is InChI=1S/C20H12N2O5/c23-20-11-17(13-4-2-1-3-5-13)16-8-7-15(10-18(16)27-20)26-19-9-6-14(12-21-19)22(24)25/h1-12H. The molecule has 0 amide bonds. The topological polar surface area (TPSA) is 95.5 Å². The fourth-order valence-corrected chi connectivity index (χ4v) is 2.72. The molecule has 4 aromatic rings. The van der Waals surface area contributed by atoms with Crippen LogP contribution in [0.15, 0.2) is 82.1 Å². The number of hydrogen-bond acceptors (Lipinski definition) is 6. The van der Waals surface area contributed by atoms with E-state index in [4.69, 9.17) is 9.15 Å². The average Bonchev–Trinajstić information content (AvgIpc) is 2.68. The lowest BCUT2D eigenvalue weighted by atomic mass is 10.0. The first-order chi connectivity index (χ1) is 13.1. The van der Waals surface area contributed by atoms with Crippen molar-refractivity contribution in [2.24, 2.45) is 0 Å². The summed E-state index contributed by atoms with van der Waals surface area (Å²) >= 11 is 0. The van der Waals surface area contributed by atoms with Crippen LogP contribution in [0.25, 0.3) is 22.1 Å². The minimum absolute atomic E-state index is 0.126. The highest BCUT2D eigenvalue weighted by atomic mass is 16.6. The quantitative estimate of drug-likeness (QED) is 0.301. The number of nitro groups is 1. The van der Waals surface area contributed by atoms with E-state index in [-0.39, 0.29) is 11.6 Å². The van der Waals surface area contributed by atoms with Gasteiger partial charge < -0.3 is 9.15 Å². The zero-order chi connectivity index (χ0) is 18.8. The van der Waals surface area contributed by atoms with Crippen molar-refractivity contribution in [1.82, 2.24) is 4.98 Å². The number of pyridine rings is 1. The van der Waals surface area contributed by atoms with Gasteiger partial charge in [0.05, 0.1) is 4.92 Å². The van der Waals surface area contributed by atoms with E-state index >= 15 is 0 Å². The number of hydrogen-bond donors (Lipinski definition) is 0. The van der Waals surface area contributed by atoms with Crippen molar-refractivity contribution in [1.29, 1.82) is 0 Å². The highest BCUT2D eigenvalue weighted by Crippen LogP contribution is 2.31. The van der Waals surface area contributed by atoms with Crippen molar-refractivity contribution in [3.05, 3.63) is 93.5 Å². The van der Waals surface area contributed by atoms with E-state index in [0.29, 0.717) is 11.3 Å². The monoisotopic (exact) mass is 360 g/mol. The van der Waals surface area contributed by atoms with Crippen molar-refractivity contribution < 1.29 is 14.1 Å². The van der Waals surface area contributed by atoms with E-state index in [1.807, 2.05) is 30.3 Å². The van der Waals surface area contributed by atoms with Gasteiger partial charge in [0.2, 0.25) is 5.88 Å². The summed E-state index contributed by atoms with van der Waals surface area (Å²) in [5.74, 6) is 0.596. The third-order valence-electron chi connectivity index (χ3n) is 3.95. The van der Waals surface area contributed by atoms with Gasteiger partial charge in [0.15, 0.2) is 0 Å². The number of fused-ring (bicyclic) bond motifs is 1. The Bertz CT molecular complexity index is 1180. The summed E-state index contributed by atoms with van der Waals surface area (Å²) in [6, 6.07) is 18.8. The van der Waals surface area contributed by atoms with Crippen LogP contribution in [0.5, 0.6) is 11.6 Å². The molecule has 0 bridgehead atoms. The summed E-state index contributed by atoms with van der Waals surface area (Å²) in [6.07, 6.45) is 1.12. The first-order valence-corrected chi connectivity index (χ1v) is 8.02. The Morgan fingerprint density at radius 1 is 1.00 bits per heavy atom. The second-order valence-corrected chi connectivity index (χ2v) is 5.72. The molecule has 0 saturated heterocycles. The van der Waals surface area contributed by atoms with Crippen LogP contribution < -0.4 is 10.4 Å². The Morgan fingerprint density at radius 3 is 2.52 bits per heavy atom. The van der Waals surface area contributed by atoms with Gasteiger partial charge in [-0.2, -0.15) is 0 Å². The van der Waals surface area contributed by atoms with Gasteiger partial charge in [0, 0.05) is 29.7 Å². The Hall–Kier alpha value is -4.00. The van der Waals surface area contributed by atoms with Crippen LogP contribution in [-0.2, 0) is 0 Å². The maximum atomic E-state index is 12.0. The summed E-state index contributed by atoms with van der Waals surface area (Å²) in [6.45, 7) is 0. The van der Waals surface area contributed by atoms with E-state index < -0.39 is 10.5 Å². The highest BCUT2D eigenvalue weighted by molar-refractivity contribution is 5.93. The molecule has 2 aromatic heterocycles. The first-order valence-electron chi connectivity index (χ1n) is 8.02. The molecule has 4 rings (SSSR count). The molecule has 7 heteroatoms. The third-order valence-corrected chi connectivity index (χ3v) is 3.95. The zero-order valence-electron chi connectivity index (χ0n) is 13.9. The van der Waals surface area contributed by atoms with Crippen LogP contribution >= 0.6 is 0 Å². The van der Waals surface area contributed by atoms with Gasteiger partial charge in [0.25, 0.3) is 5.69 Å². The molecule has 0 atom stereocenters. The van der Waals surface area contributed by atoms with Crippen molar-refractivity contribution in [2.75, 3.05) is 0 Å². The molecular weight excluding hydrogens is 348 g/mol. The van der Waals surface area contributed by atoms with E-state index in [1.165, 1.54) is 18.2 Å². The predicted octanol–water partition coefficient (Wildman–Crippen LogP) is 4.56. The molecule has 7 nitrogen and oxygen atoms in total. The molecule has 0 unspecified atom stereocenters. The van der Waals surface area contributed by atoms with Crippen LogP contribution in [0.2, 0.25) is 0 Å². The minimum atomic E-state index is -0.535. The molecule has 132 valence electrons. The maximum Gasteiger partial charge on any atom is 0.336 e. The molecule has 0 aliphatic heterocycles. The fourth-order valence-electron chi connectivity index (χ4n) is 2.72. The Kier molecular flexibility index (Phi) is 4.10. The normalized spacial score (nSPS) is 10.7. The molecule has 2 heterocycles. The second kappa shape index (κ2) is 6.72. The number of nitrogens with zero attached hydrogens (tertiary/aromatic N) is 2. The van der Waals surface area contributed by atoms with Crippen molar-refractivity contribution in [3.8, 4) is 22.8 Å². The van der Waals surface area contributed by atoms with E-state index in [1.54, 1.807) is 18.2 Å². The zero-order valence-corrected chi connectivity index (χ0v) is 13.9. The van der Waals surface area contributed by atoms with Crippen LogP contribution in [0.1, 0.15) is 0 Å². The van der Waals surface area contributed by atoms with Crippen LogP contribution in [0.4, 0.5) is 5.69 Å². The number of rotatable bonds is 4. The molecule has 0 fully saturated rings. The SMILES string of the molecule is O=c1cc(-c2ccccc2)c2ccc(Oc3ccc([N+](=O)[O-])cn3)cc2o1. The number of benzene rings is 2. The molecule has 2 aromatic carbocycles. The van der Waals surface area contributed by atoms with E-state index in [9.17, 15) is 14.9 Å². The second-order valence-electron chi connectivity index (χ2n) is 5.72. The predicted molar refractivity (Wildman–Crippen MR) is 98.9 cm³/mol. The largest absolute Gasteiger partial charge is 0.439 e. The third kappa shape index (κ3) is 3.38. The summed E-state index contributed by atoms with van der Waals surface area (Å²) in [5.41, 5.74) is 1.45. The van der Waals surface area contributed by atoms with Gasteiger partial charge in [-0.05, 0) is 23.3 Å². The Balaban J connectivity index is 1.72. The van der Waals surface area contributed by atoms with E-state index in [2.05, 4.69) is 4.98 Å². The lowest BCUT2D eigenvalue weighted by Gasteiger charge is -2.08. The van der Waals surface area contributed by atoms with Crippen molar-refractivity contribution in [2.45, 2.75) is 0 Å². The Morgan fingerprint density at radius 2 is 1.81 bits per heavy atom. The number of ether oxygens (including phenoxy) is 1. The maximum absolute atomic E-state index is 12.0. The molecule has 0 N–H and O–H groups in total. The minimum Gasteiger partial charge on any atom is -0.439 e. The summed E-state index contributed by atoms with van der Waals surface area (Å²) in [5, 5.41) is 11.4. The average molecular weight is 360 g/mol. The lowest BCUT2D eigenvalue weighted by Crippen LogP contribution is -1.98. The number of aromatic nitrogens is 1.